The molecule has 20 heavy (non-hydrogen) atoms. The van der Waals surface area contributed by atoms with Crippen molar-refractivity contribution in [3.05, 3.63) is 11.8 Å². The number of anilines is 1. The molecule has 6 heteroatoms. The minimum atomic E-state index is -0.654. The van der Waals surface area contributed by atoms with Crippen LogP contribution in [0.15, 0.2) is 6.07 Å². The van der Waals surface area contributed by atoms with Gasteiger partial charge in [-0.25, -0.2) is 4.98 Å². The molecule has 0 atom stereocenters. The Hall–Kier alpha value is -1.87. The highest BCUT2D eigenvalue weighted by molar-refractivity contribution is 5.35. The van der Waals surface area contributed by atoms with Crippen molar-refractivity contribution in [1.29, 1.82) is 5.26 Å². The zero-order valence-corrected chi connectivity index (χ0v) is 12.2. The van der Waals surface area contributed by atoms with Crippen molar-refractivity contribution in [1.82, 2.24) is 9.97 Å². The van der Waals surface area contributed by atoms with E-state index in [0.29, 0.717) is 44.4 Å². The lowest BCUT2D eigenvalue weighted by Crippen LogP contribution is -2.46. The van der Waals surface area contributed by atoms with Crippen molar-refractivity contribution >= 4 is 5.95 Å². The number of hydrogen-bond donors (Lipinski definition) is 0. The number of hydrogen-bond acceptors (Lipinski definition) is 6. The number of methoxy groups -OCH3 is 1. The van der Waals surface area contributed by atoms with E-state index in [-0.39, 0.29) is 0 Å². The molecule has 0 spiro atoms. The number of aromatic nitrogens is 2. The monoisotopic (exact) mass is 276 g/mol. The molecule has 1 aliphatic heterocycles. The number of nitrogens with zero attached hydrogens (tertiary/aromatic N) is 4. The third-order valence-corrected chi connectivity index (χ3v) is 3.51. The molecule has 1 aromatic heterocycles. The molecule has 0 N–H and O–H groups in total. The second-order valence-corrected chi connectivity index (χ2v) is 4.88. The normalized spacial score (nSPS) is 17.6. The SMILES string of the molecule is CCOC1(C#N)CCN(c2nc(C)cc(OC)n2)CC1. The highest BCUT2D eigenvalue weighted by Gasteiger charge is 2.36. The summed E-state index contributed by atoms with van der Waals surface area (Å²) in [6, 6.07) is 4.11. The second kappa shape index (κ2) is 6.06. The molecule has 1 aliphatic rings. The number of ether oxygens (including phenoxy) is 2. The van der Waals surface area contributed by atoms with Gasteiger partial charge >= 0.3 is 0 Å². The van der Waals surface area contributed by atoms with Crippen LogP contribution in [0, 0.1) is 18.3 Å². The molecule has 0 radical (unpaired) electrons. The third kappa shape index (κ3) is 2.99. The Bertz CT molecular complexity index is 504. The second-order valence-electron chi connectivity index (χ2n) is 4.88. The zero-order chi connectivity index (χ0) is 14.6. The number of aryl methyl sites for hydroxylation is 1. The van der Waals surface area contributed by atoms with E-state index >= 15 is 0 Å². The molecule has 1 saturated heterocycles. The van der Waals surface area contributed by atoms with Crippen molar-refractivity contribution in [2.45, 2.75) is 32.3 Å². The molecule has 0 unspecified atom stereocenters. The molecular formula is C14H20N4O2. The van der Waals surface area contributed by atoms with E-state index in [2.05, 4.69) is 20.9 Å². The van der Waals surface area contributed by atoms with Crippen LogP contribution in [0.5, 0.6) is 5.88 Å². The lowest BCUT2D eigenvalue weighted by atomic mass is 9.93. The third-order valence-electron chi connectivity index (χ3n) is 3.51. The molecule has 0 aromatic carbocycles. The molecule has 108 valence electrons. The van der Waals surface area contributed by atoms with Crippen molar-refractivity contribution in [3.63, 3.8) is 0 Å². The summed E-state index contributed by atoms with van der Waals surface area (Å²) in [6.07, 6.45) is 1.33. The van der Waals surface area contributed by atoms with Crippen LogP contribution in [0.1, 0.15) is 25.5 Å². The number of piperidine rings is 1. The van der Waals surface area contributed by atoms with Gasteiger partial charge in [0.15, 0.2) is 5.60 Å². The predicted molar refractivity (Wildman–Crippen MR) is 74.7 cm³/mol. The maximum absolute atomic E-state index is 9.31. The molecule has 2 rings (SSSR count). The van der Waals surface area contributed by atoms with Gasteiger partial charge in [-0.05, 0) is 13.8 Å². The molecule has 1 fully saturated rings. The molecule has 0 amide bonds. The van der Waals surface area contributed by atoms with Gasteiger partial charge < -0.3 is 14.4 Å². The fourth-order valence-electron chi connectivity index (χ4n) is 2.40. The Morgan fingerprint density at radius 3 is 2.65 bits per heavy atom. The fourth-order valence-corrected chi connectivity index (χ4v) is 2.40. The summed E-state index contributed by atoms with van der Waals surface area (Å²) in [5.74, 6) is 1.22. The smallest absolute Gasteiger partial charge is 0.228 e. The molecule has 6 nitrogen and oxygen atoms in total. The maximum Gasteiger partial charge on any atom is 0.228 e. The van der Waals surface area contributed by atoms with Gasteiger partial charge in [0.2, 0.25) is 11.8 Å². The van der Waals surface area contributed by atoms with Crippen LogP contribution in [0.4, 0.5) is 5.95 Å². The average Bonchev–Trinajstić information content (AvgIpc) is 2.47. The van der Waals surface area contributed by atoms with Gasteiger partial charge in [0.05, 0.1) is 13.2 Å². The Balaban J connectivity index is 2.11. The van der Waals surface area contributed by atoms with Gasteiger partial charge in [0, 0.05) is 44.3 Å². The van der Waals surface area contributed by atoms with Crippen molar-refractivity contribution in [3.8, 4) is 11.9 Å². The molecule has 2 heterocycles. The van der Waals surface area contributed by atoms with Crippen LogP contribution in [0.25, 0.3) is 0 Å². The Morgan fingerprint density at radius 1 is 1.40 bits per heavy atom. The summed E-state index contributed by atoms with van der Waals surface area (Å²) in [6.45, 7) is 5.81. The molecular weight excluding hydrogens is 256 g/mol. The summed E-state index contributed by atoms with van der Waals surface area (Å²) < 4.78 is 10.8. The van der Waals surface area contributed by atoms with Gasteiger partial charge in [-0.15, -0.1) is 0 Å². The largest absolute Gasteiger partial charge is 0.481 e. The molecule has 0 aliphatic carbocycles. The summed E-state index contributed by atoms with van der Waals surface area (Å²) >= 11 is 0. The fraction of sp³-hybridized carbons (Fsp3) is 0.643. The first-order valence-electron chi connectivity index (χ1n) is 6.82. The van der Waals surface area contributed by atoms with Gasteiger partial charge in [-0.3, -0.25) is 0 Å². The zero-order valence-electron chi connectivity index (χ0n) is 12.2. The van der Waals surface area contributed by atoms with Gasteiger partial charge in [-0.1, -0.05) is 0 Å². The summed E-state index contributed by atoms with van der Waals surface area (Å²) in [5, 5.41) is 9.31. The first kappa shape index (κ1) is 14.5. The average molecular weight is 276 g/mol. The van der Waals surface area contributed by atoms with Crippen LogP contribution >= 0.6 is 0 Å². The van der Waals surface area contributed by atoms with Crippen molar-refractivity contribution < 1.29 is 9.47 Å². The lowest BCUT2D eigenvalue weighted by Gasteiger charge is -2.36. The van der Waals surface area contributed by atoms with Gasteiger partial charge in [-0.2, -0.15) is 10.2 Å². The summed E-state index contributed by atoms with van der Waals surface area (Å²) in [5.41, 5.74) is 0.216. The van der Waals surface area contributed by atoms with E-state index in [1.807, 2.05) is 13.8 Å². The number of rotatable bonds is 4. The Morgan fingerprint density at radius 2 is 2.10 bits per heavy atom. The van der Waals surface area contributed by atoms with Gasteiger partial charge in [0.1, 0.15) is 0 Å². The predicted octanol–water partition coefficient (Wildman–Crippen LogP) is 1.69. The standard InChI is InChI=1S/C14H20N4O2/c1-4-20-14(10-15)5-7-18(8-6-14)13-16-11(2)9-12(17-13)19-3/h9H,4-8H2,1-3H3. The maximum atomic E-state index is 9.31. The van der Waals surface area contributed by atoms with Crippen LogP contribution in [-0.2, 0) is 4.74 Å². The lowest BCUT2D eigenvalue weighted by molar-refractivity contribution is -0.0119. The van der Waals surface area contributed by atoms with E-state index in [9.17, 15) is 5.26 Å². The first-order valence-corrected chi connectivity index (χ1v) is 6.82. The van der Waals surface area contributed by atoms with E-state index < -0.39 is 5.60 Å². The molecule has 0 saturated carbocycles. The van der Waals surface area contributed by atoms with E-state index in [1.54, 1.807) is 13.2 Å². The van der Waals surface area contributed by atoms with E-state index in [1.165, 1.54) is 0 Å². The van der Waals surface area contributed by atoms with Crippen LogP contribution in [-0.4, -0.2) is 42.4 Å². The van der Waals surface area contributed by atoms with Crippen molar-refractivity contribution in [2.75, 3.05) is 31.7 Å². The van der Waals surface area contributed by atoms with E-state index in [4.69, 9.17) is 9.47 Å². The minimum Gasteiger partial charge on any atom is -0.481 e. The number of nitriles is 1. The van der Waals surface area contributed by atoms with E-state index in [0.717, 1.165) is 5.69 Å². The first-order chi connectivity index (χ1) is 9.62. The quantitative estimate of drug-likeness (QED) is 0.833. The van der Waals surface area contributed by atoms with Crippen LogP contribution < -0.4 is 9.64 Å². The minimum absolute atomic E-state index is 0.558. The summed E-state index contributed by atoms with van der Waals surface area (Å²) in [7, 11) is 1.59. The highest BCUT2D eigenvalue weighted by atomic mass is 16.5. The topological polar surface area (TPSA) is 71.3 Å². The highest BCUT2D eigenvalue weighted by Crippen LogP contribution is 2.28. The molecule has 1 aromatic rings. The van der Waals surface area contributed by atoms with Crippen molar-refractivity contribution in [2.24, 2.45) is 0 Å². The summed E-state index contributed by atoms with van der Waals surface area (Å²) in [4.78, 5) is 10.9. The van der Waals surface area contributed by atoms with Crippen LogP contribution in [0.3, 0.4) is 0 Å². The molecule has 0 bridgehead atoms. The van der Waals surface area contributed by atoms with Crippen LogP contribution in [0.2, 0.25) is 0 Å². The Kier molecular flexibility index (Phi) is 4.40. The Labute approximate surface area is 119 Å². The van der Waals surface area contributed by atoms with Gasteiger partial charge in [0.25, 0.3) is 0 Å².